The Hall–Kier alpha value is -0.0800. The average molecular weight is 184 g/mol. The largest absolute Gasteiger partial charge is 0.317 e. The van der Waals surface area contributed by atoms with Gasteiger partial charge >= 0.3 is 0 Å². The zero-order chi connectivity index (χ0) is 9.90. The Morgan fingerprint density at radius 1 is 1.31 bits per heavy atom. The van der Waals surface area contributed by atoms with Gasteiger partial charge in [-0.15, -0.1) is 0 Å². The minimum atomic E-state index is 0.566. The van der Waals surface area contributed by atoms with Gasteiger partial charge in [-0.1, -0.05) is 6.92 Å². The van der Waals surface area contributed by atoms with Crippen LogP contribution in [0.2, 0.25) is 0 Å². The van der Waals surface area contributed by atoms with Gasteiger partial charge in [0.25, 0.3) is 0 Å². The van der Waals surface area contributed by atoms with Crippen LogP contribution >= 0.6 is 0 Å². The number of hydrogen-bond donors (Lipinski definition) is 1. The van der Waals surface area contributed by atoms with Crippen LogP contribution in [0, 0.1) is 5.41 Å². The molecule has 2 heteroatoms. The molecule has 0 saturated heterocycles. The lowest BCUT2D eigenvalue weighted by atomic mass is 9.74. The summed E-state index contributed by atoms with van der Waals surface area (Å²) >= 11 is 0. The van der Waals surface area contributed by atoms with Gasteiger partial charge in [0, 0.05) is 12.6 Å². The molecule has 13 heavy (non-hydrogen) atoms. The van der Waals surface area contributed by atoms with Crippen molar-refractivity contribution in [3.8, 4) is 0 Å². The Kier molecular flexibility index (Phi) is 3.74. The monoisotopic (exact) mass is 184 g/mol. The maximum Gasteiger partial charge on any atom is 0.00644 e. The van der Waals surface area contributed by atoms with Crippen molar-refractivity contribution in [1.29, 1.82) is 0 Å². The van der Waals surface area contributed by atoms with E-state index in [0.717, 1.165) is 6.04 Å². The topological polar surface area (TPSA) is 15.3 Å². The van der Waals surface area contributed by atoms with Crippen LogP contribution in [-0.2, 0) is 0 Å². The zero-order valence-corrected chi connectivity index (χ0v) is 9.56. The van der Waals surface area contributed by atoms with Gasteiger partial charge in [0.1, 0.15) is 0 Å². The van der Waals surface area contributed by atoms with Gasteiger partial charge in [-0.3, -0.25) is 0 Å². The van der Waals surface area contributed by atoms with E-state index in [4.69, 9.17) is 0 Å². The van der Waals surface area contributed by atoms with E-state index in [1.54, 1.807) is 0 Å². The molecule has 0 aromatic heterocycles. The van der Waals surface area contributed by atoms with Gasteiger partial charge in [0.15, 0.2) is 0 Å². The van der Waals surface area contributed by atoms with Gasteiger partial charge in [0.05, 0.1) is 0 Å². The van der Waals surface area contributed by atoms with E-state index in [9.17, 15) is 0 Å². The zero-order valence-electron chi connectivity index (χ0n) is 9.56. The first-order valence-corrected chi connectivity index (χ1v) is 5.38. The molecule has 1 saturated carbocycles. The van der Waals surface area contributed by atoms with E-state index < -0.39 is 0 Å². The van der Waals surface area contributed by atoms with Crippen molar-refractivity contribution in [3.63, 3.8) is 0 Å². The Labute approximate surface area is 82.7 Å². The second-order valence-electron chi connectivity index (χ2n) is 5.11. The van der Waals surface area contributed by atoms with E-state index in [-0.39, 0.29) is 0 Å². The highest BCUT2D eigenvalue weighted by Crippen LogP contribution is 2.36. The third-order valence-electron chi connectivity index (χ3n) is 3.30. The summed E-state index contributed by atoms with van der Waals surface area (Å²) in [6.45, 7) is 3.67. The fraction of sp³-hybridized carbons (Fsp3) is 1.00. The maximum atomic E-state index is 3.38. The molecule has 0 aromatic carbocycles. The van der Waals surface area contributed by atoms with Crippen LogP contribution in [0.25, 0.3) is 0 Å². The molecule has 1 aliphatic carbocycles. The minimum absolute atomic E-state index is 0.566. The first kappa shape index (κ1) is 11.0. The average Bonchev–Trinajstić information content (AvgIpc) is 2.04. The van der Waals surface area contributed by atoms with E-state index in [1.807, 2.05) is 0 Å². The third kappa shape index (κ3) is 3.28. The molecule has 0 unspecified atom stereocenters. The van der Waals surface area contributed by atoms with Crippen molar-refractivity contribution in [2.45, 2.75) is 38.6 Å². The lowest BCUT2D eigenvalue weighted by Gasteiger charge is -2.39. The number of nitrogens with zero attached hydrogens (tertiary/aromatic N) is 1. The molecule has 1 N–H and O–H groups in total. The standard InChI is InChI=1S/C11H24N2/c1-11(9-13(3)4)7-5-10(12-2)6-8-11/h10,12H,5-9H2,1-4H3. The smallest absolute Gasteiger partial charge is 0.00644 e. The Morgan fingerprint density at radius 3 is 2.23 bits per heavy atom. The molecule has 2 nitrogen and oxygen atoms in total. The molecule has 0 aliphatic heterocycles. The molecular weight excluding hydrogens is 160 g/mol. The van der Waals surface area contributed by atoms with Crippen LogP contribution in [0.15, 0.2) is 0 Å². The summed E-state index contributed by atoms with van der Waals surface area (Å²) in [6.07, 6.45) is 5.44. The number of hydrogen-bond acceptors (Lipinski definition) is 2. The summed E-state index contributed by atoms with van der Waals surface area (Å²) < 4.78 is 0. The van der Waals surface area contributed by atoms with Gasteiger partial charge in [-0.05, 0) is 52.2 Å². The van der Waals surface area contributed by atoms with Crippen molar-refractivity contribution >= 4 is 0 Å². The first-order chi connectivity index (χ1) is 6.06. The van der Waals surface area contributed by atoms with Crippen LogP contribution in [0.5, 0.6) is 0 Å². The second kappa shape index (κ2) is 4.43. The normalized spacial score (nSPS) is 35.3. The summed E-state index contributed by atoms with van der Waals surface area (Å²) in [5.41, 5.74) is 0.566. The highest BCUT2D eigenvalue weighted by atomic mass is 15.1. The van der Waals surface area contributed by atoms with Crippen LogP contribution in [0.1, 0.15) is 32.6 Å². The van der Waals surface area contributed by atoms with E-state index in [1.165, 1.54) is 32.2 Å². The predicted molar refractivity (Wildman–Crippen MR) is 58.0 cm³/mol. The quantitative estimate of drug-likeness (QED) is 0.718. The summed E-state index contributed by atoms with van der Waals surface area (Å²) in [5, 5.41) is 3.38. The molecule has 0 radical (unpaired) electrons. The summed E-state index contributed by atoms with van der Waals surface area (Å²) in [7, 11) is 6.43. The molecule has 0 amide bonds. The van der Waals surface area contributed by atoms with Crippen LogP contribution in [0.3, 0.4) is 0 Å². The molecule has 1 fully saturated rings. The highest BCUT2D eigenvalue weighted by molar-refractivity contribution is 4.85. The summed E-state index contributed by atoms with van der Waals surface area (Å²) in [5.74, 6) is 0. The second-order valence-corrected chi connectivity index (χ2v) is 5.11. The van der Waals surface area contributed by atoms with Crippen molar-refractivity contribution in [1.82, 2.24) is 10.2 Å². The fourth-order valence-electron chi connectivity index (χ4n) is 2.52. The molecular formula is C11H24N2. The van der Waals surface area contributed by atoms with Crippen molar-refractivity contribution in [2.75, 3.05) is 27.7 Å². The SMILES string of the molecule is CNC1CCC(C)(CN(C)C)CC1. The van der Waals surface area contributed by atoms with Crippen LogP contribution in [0.4, 0.5) is 0 Å². The van der Waals surface area contributed by atoms with E-state index >= 15 is 0 Å². The summed E-state index contributed by atoms with van der Waals surface area (Å²) in [4.78, 5) is 2.32. The Balaban J connectivity index is 2.37. The van der Waals surface area contributed by atoms with Gasteiger partial charge in [-0.2, -0.15) is 0 Å². The lowest BCUT2D eigenvalue weighted by molar-refractivity contribution is 0.139. The predicted octanol–water partition coefficient (Wildman–Crippen LogP) is 1.72. The van der Waals surface area contributed by atoms with Gasteiger partial charge in [-0.25, -0.2) is 0 Å². The van der Waals surface area contributed by atoms with Crippen LogP contribution in [-0.4, -0.2) is 38.6 Å². The van der Waals surface area contributed by atoms with Crippen molar-refractivity contribution < 1.29 is 0 Å². The fourth-order valence-corrected chi connectivity index (χ4v) is 2.52. The van der Waals surface area contributed by atoms with Crippen molar-refractivity contribution in [3.05, 3.63) is 0 Å². The third-order valence-corrected chi connectivity index (χ3v) is 3.30. The lowest BCUT2D eigenvalue weighted by Crippen LogP contribution is -2.39. The van der Waals surface area contributed by atoms with E-state index in [2.05, 4.69) is 38.3 Å². The Bertz CT molecular complexity index is 146. The maximum absolute atomic E-state index is 3.38. The minimum Gasteiger partial charge on any atom is -0.317 e. The molecule has 1 aliphatic rings. The first-order valence-electron chi connectivity index (χ1n) is 5.38. The highest BCUT2D eigenvalue weighted by Gasteiger charge is 2.30. The number of nitrogens with one attached hydrogen (secondary N) is 1. The molecule has 78 valence electrons. The Morgan fingerprint density at radius 2 is 1.85 bits per heavy atom. The van der Waals surface area contributed by atoms with Gasteiger partial charge in [0.2, 0.25) is 0 Å². The molecule has 0 bridgehead atoms. The van der Waals surface area contributed by atoms with Crippen LogP contribution < -0.4 is 5.32 Å². The van der Waals surface area contributed by atoms with Crippen molar-refractivity contribution in [2.24, 2.45) is 5.41 Å². The summed E-state index contributed by atoms with van der Waals surface area (Å²) in [6, 6.07) is 0.773. The molecule has 0 atom stereocenters. The van der Waals surface area contributed by atoms with E-state index in [0.29, 0.717) is 5.41 Å². The number of rotatable bonds is 3. The molecule has 0 aromatic rings. The molecule has 0 heterocycles. The van der Waals surface area contributed by atoms with Gasteiger partial charge < -0.3 is 10.2 Å². The molecule has 0 spiro atoms. The molecule has 1 rings (SSSR count).